The molecule has 0 spiro atoms. The van der Waals surface area contributed by atoms with Crippen molar-refractivity contribution in [3.63, 3.8) is 0 Å². The van der Waals surface area contributed by atoms with Gasteiger partial charge in [-0.3, -0.25) is 0 Å². The lowest BCUT2D eigenvalue weighted by Crippen LogP contribution is -2.29. The number of aromatic nitrogens is 1. The number of carbonyl (C=O) groups is 1. The third-order valence-corrected chi connectivity index (χ3v) is 3.78. The number of benzene rings is 2. The van der Waals surface area contributed by atoms with Gasteiger partial charge in [0.05, 0.1) is 10.6 Å². The molecule has 0 atom stereocenters. The number of hydrogen-bond acceptors (Lipinski definition) is 2. The Balaban J connectivity index is 0.000000313. The zero-order chi connectivity index (χ0) is 19.9. The van der Waals surface area contributed by atoms with Crippen LogP contribution in [0.15, 0.2) is 79.1 Å². The Bertz CT molecular complexity index is 852. The number of rotatable bonds is 2. The molecule has 140 valence electrons. The Labute approximate surface area is 166 Å². The summed E-state index contributed by atoms with van der Waals surface area (Å²) in [5, 5.41) is 0.687. The molecule has 0 aliphatic rings. The second kappa shape index (κ2) is 9.33. The summed E-state index contributed by atoms with van der Waals surface area (Å²) in [7, 11) is 0. The maximum Gasteiger partial charge on any atom is 0.338 e. The van der Waals surface area contributed by atoms with Crippen LogP contribution in [0.4, 0.5) is 0 Å². The fourth-order valence-electron chi connectivity index (χ4n) is 2.22. The molecule has 3 aromatic rings. The molecule has 3 nitrogen and oxygen atoms in total. The highest BCUT2D eigenvalue weighted by molar-refractivity contribution is 6.30. The fourth-order valence-corrected chi connectivity index (χ4v) is 2.33. The lowest BCUT2D eigenvalue weighted by molar-refractivity contribution is -0.595. The number of nitrogens with zero attached hydrogens (tertiary/aromatic N) is 1. The quantitative estimate of drug-likeness (QED) is 0.428. The summed E-state index contributed by atoms with van der Waals surface area (Å²) >= 11 is 5.85. The summed E-state index contributed by atoms with van der Waals surface area (Å²) in [6.07, 6.45) is 3.73. The van der Waals surface area contributed by atoms with Crippen LogP contribution in [0.3, 0.4) is 0 Å². The van der Waals surface area contributed by atoms with E-state index < -0.39 is 5.60 Å². The number of esters is 1. The van der Waals surface area contributed by atoms with E-state index in [1.54, 1.807) is 12.1 Å². The maximum atomic E-state index is 11.9. The Morgan fingerprint density at radius 2 is 1.44 bits per heavy atom. The Morgan fingerprint density at radius 3 is 1.89 bits per heavy atom. The van der Waals surface area contributed by atoms with Gasteiger partial charge in [0.1, 0.15) is 5.60 Å². The monoisotopic (exact) mass is 382 g/mol. The molecule has 1 heterocycles. The molecule has 0 aliphatic heterocycles. The first kappa shape index (κ1) is 20.7. The van der Waals surface area contributed by atoms with Gasteiger partial charge < -0.3 is 4.74 Å². The largest absolute Gasteiger partial charge is 0.456 e. The fraction of sp³-hybridized carbons (Fsp3) is 0.217. The molecule has 1 aromatic heterocycles. The van der Waals surface area contributed by atoms with Gasteiger partial charge in [-0.25, -0.2) is 4.79 Å². The molecule has 0 unspecified atom stereocenters. The van der Waals surface area contributed by atoms with Gasteiger partial charge in [-0.2, -0.15) is 4.57 Å². The van der Waals surface area contributed by atoms with Crippen LogP contribution in [0.1, 0.15) is 36.7 Å². The molecule has 0 radical (unpaired) electrons. The summed E-state index contributed by atoms with van der Waals surface area (Å²) < 4.78 is 7.24. The number of halogens is 1. The molecule has 0 N–H and O–H groups in total. The van der Waals surface area contributed by atoms with E-state index in [1.807, 2.05) is 80.2 Å². The van der Waals surface area contributed by atoms with Crippen molar-refractivity contribution < 1.29 is 14.1 Å². The molecule has 0 amide bonds. The van der Waals surface area contributed by atoms with E-state index in [0.29, 0.717) is 10.6 Å². The average molecular weight is 383 g/mol. The highest BCUT2D eigenvalue weighted by atomic mass is 35.5. The van der Waals surface area contributed by atoms with Gasteiger partial charge in [-0.05, 0) is 39.8 Å². The van der Waals surface area contributed by atoms with Crippen LogP contribution in [0.5, 0.6) is 0 Å². The van der Waals surface area contributed by atoms with E-state index in [2.05, 4.69) is 19.1 Å². The Hall–Kier alpha value is -2.65. The van der Waals surface area contributed by atoms with E-state index in [1.165, 1.54) is 5.56 Å². The van der Waals surface area contributed by atoms with Gasteiger partial charge in [0.25, 0.3) is 0 Å². The minimum atomic E-state index is -0.485. The van der Waals surface area contributed by atoms with Gasteiger partial charge in [0.15, 0.2) is 12.4 Å². The van der Waals surface area contributed by atoms with Crippen LogP contribution in [0.2, 0.25) is 5.02 Å². The highest BCUT2D eigenvalue weighted by Crippen LogP contribution is 2.13. The van der Waals surface area contributed by atoms with Crippen LogP contribution in [0, 0.1) is 6.92 Å². The highest BCUT2D eigenvalue weighted by Gasteiger charge is 2.18. The molecule has 0 bridgehead atoms. The average Bonchev–Trinajstić information content (AvgIpc) is 2.62. The molecule has 2 aromatic carbocycles. The van der Waals surface area contributed by atoms with Gasteiger partial charge in [-0.1, -0.05) is 47.5 Å². The Kier molecular flexibility index (Phi) is 7.14. The van der Waals surface area contributed by atoms with Crippen molar-refractivity contribution >= 4 is 17.6 Å². The lowest BCUT2D eigenvalue weighted by atomic mass is 10.1. The summed E-state index contributed by atoms with van der Waals surface area (Å²) in [5.74, 6) is -0.315. The van der Waals surface area contributed by atoms with Crippen molar-refractivity contribution in [1.29, 1.82) is 0 Å². The van der Waals surface area contributed by atoms with Crippen LogP contribution >= 0.6 is 11.6 Å². The van der Waals surface area contributed by atoms with Crippen molar-refractivity contribution in [1.82, 2.24) is 0 Å². The zero-order valence-corrected chi connectivity index (χ0v) is 16.9. The molecule has 4 heteroatoms. The number of pyridine rings is 1. The predicted octanol–water partition coefficient (Wildman–Crippen LogP) is 5.57. The van der Waals surface area contributed by atoms with E-state index in [-0.39, 0.29) is 5.97 Å². The molecule has 0 aliphatic carbocycles. The van der Waals surface area contributed by atoms with Crippen molar-refractivity contribution in [2.75, 3.05) is 0 Å². The second-order valence-corrected chi connectivity index (χ2v) is 7.56. The van der Waals surface area contributed by atoms with Crippen molar-refractivity contribution in [2.45, 2.75) is 33.3 Å². The lowest BCUT2D eigenvalue weighted by Gasteiger charge is -2.19. The zero-order valence-electron chi connectivity index (χ0n) is 16.1. The normalized spacial score (nSPS) is 10.6. The first-order chi connectivity index (χ1) is 12.7. The van der Waals surface area contributed by atoms with Crippen LogP contribution in [0.25, 0.3) is 5.69 Å². The SMILES string of the molecule is CC(C)(C)OC(=O)c1ccc(-[n+]2ccc(Cl)cc2)cc1.Cc1ccccc1. The molecular formula is C23H25ClNO2+. The van der Waals surface area contributed by atoms with Crippen LogP contribution in [-0.2, 0) is 4.74 Å². The predicted molar refractivity (Wildman–Crippen MR) is 109 cm³/mol. The van der Waals surface area contributed by atoms with Gasteiger partial charge in [-0.15, -0.1) is 0 Å². The van der Waals surface area contributed by atoms with E-state index >= 15 is 0 Å². The molecule has 3 rings (SSSR count). The topological polar surface area (TPSA) is 30.2 Å². The summed E-state index contributed by atoms with van der Waals surface area (Å²) in [6.45, 7) is 7.63. The summed E-state index contributed by atoms with van der Waals surface area (Å²) in [4.78, 5) is 11.9. The summed E-state index contributed by atoms with van der Waals surface area (Å²) in [6, 6.07) is 21.1. The molecular weight excluding hydrogens is 358 g/mol. The minimum absolute atomic E-state index is 0.315. The van der Waals surface area contributed by atoms with Gasteiger partial charge in [0, 0.05) is 24.3 Å². The third kappa shape index (κ3) is 7.24. The molecule has 0 fully saturated rings. The van der Waals surface area contributed by atoms with Crippen molar-refractivity contribution in [3.05, 3.63) is 95.3 Å². The number of hydrogen-bond donors (Lipinski definition) is 0. The molecule has 0 saturated heterocycles. The van der Waals surface area contributed by atoms with Gasteiger partial charge >= 0.3 is 5.97 Å². The van der Waals surface area contributed by atoms with E-state index in [4.69, 9.17) is 16.3 Å². The first-order valence-electron chi connectivity index (χ1n) is 8.77. The molecule has 27 heavy (non-hydrogen) atoms. The second-order valence-electron chi connectivity index (χ2n) is 7.13. The summed E-state index contributed by atoms with van der Waals surface area (Å²) in [5.41, 5.74) is 2.33. The van der Waals surface area contributed by atoms with Gasteiger partial charge in [0.2, 0.25) is 5.69 Å². The number of aryl methyl sites for hydroxylation is 1. The van der Waals surface area contributed by atoms with E-state index in [0.717, 1.165) is 5.69 Å². The maximum absolute atomic E-state index is 11.9. The van der Waals surface area contributed by atoms with Crippen LogP contribution in [-0.4, -0.2) is 11.6 Å². The third-order valence-electron chi connectivity index (χ3n) is 3.53. The van der Waals surface area contributed by atoms with Crippen molar-refractivity contribution in [3.8, 4) is 5.69 Å². The molecule has 0 saturated carbocycles. The first-order valence-corrected chi connectivity index (χ1v) is 9.15. The number of ether oxygens (including phenoxy) is 1. The minimum Gasteiger partial charge on any atom is -0.456 e. The Morgan fingerprint density at radius 1 is 0.889 bits per heavy atom. The standard InChI is InChI=1S/C16H17ClNO2.C7H8/c1-16(2,3)20-15(19)12-4-6-14(7-5-12)18-10-8-13(17)9-11-18;1-7-5-3-2-4-6-7/h4-11H,1-3H3;2-6H,1H3/q+1;. The number of carbonyl (C=O) groups excluding carboxylic acids is 1. The van der Waals surface area contributed by atoms with Crippen molar-refractivity contribution in [2.24, 2.45) is 0 Å². The van der Waals surface area contributed by atoms with Crippen LogP contribution < -0.4 is 4.57 Å². The van der Waals surface area contributed by atoms with E-state index in [9.17, 15) is 4.79 Å². The smallest absolute Gasteiger partial charge is 0.338 e.